The fraction of sp³-hybridized carbons (Fsp3) is 0.308. The molecular formula is C26H28N2O2S. The van der Waals surface area contributed by atoms with Gasteiger partial charge >= 0.3 is 0 Å². The van der Waals surface area contributed by atoms with E-state index in [1.165, 1.54) is 22.3 Å². The summed E-state index contributed by atoms with van der Waals surface area (Å²) in [6.07, 6.45) is 3.64. The van der Waals surface area contributed by atoms with Crippen LogP contribution in [0.3, 0.4) is 0 Å². The number of fused-ring (bicyclic) bond motifs is 2. The molecule has 1 fully saturated rings. The summed E-state index contributed by atoms with van der Waals surface area (Å²) in [6.45, 7) is 0.799. The van der Waals surface area contributed by atoms with E-state index in [1.54, 1.807) is 24.3 Å². The number of nitrogens with one attached hydrogen (secondary N) is 2. The van der Waals surface area contributed by atoms with Crippen LogP contribution in [0.2, 0.25) is 0 Å². The van der Waals surface area contributed by atoms with Gasteiger partial charge in [-0.3, -0.25) is 0 Å². The molecule has 1 aliphatic heterocycles. The third-order valence-corrected chi connectivity index (χ3v) is 8.20. The Morgan fingerprint density at radius 2 is 1.35 bits per heavy atom. The van der Waals surface area contributed by atoms with Gasteiger partial charge in [-0.05, 0) is 66.6 Å². The molecule has 0 saturated carbocycles. The number of rotatable bonds is 4. The van der Waals surface area contributed by atoms with Gasteiger partial charge < -0.3 is 5.32 Å². The van der Waals surface area contributed by atoms with Crippen LogP contribution < -0.4 is 10.0 Å². The summed E-state index contributed by atoms with van der Waals surface area (Å²) >= 11 is 0. The van der Waals surface area contributed by atoms with Crippen LogP contribution in [0.5, 0.6) is 0 Å². The van der Waals surface area contributed by atoms with Gasteiger partial charge in [0.15, 0.2) is 0 Å². The summed E-state index contributed by atoms with van der Waals surface area (Å²) in [5.74, 6) is 0.221. The Balaban J connectivity index is 1.45. The Bertz CT molecular complexity index is 1110. The Hall–Kier alpha value is -2.47. The lowest BCUT2D eigenvalue weighted by atomic mass is 9.79. The van der Waals surface area contributed by atoms with Gasteiger partial charge in [-0.15, -0.1) is 0 Å². The molecule has 1 saturated heterocycles. The maximum Gasteiger partial charge on any atom is 0.240 e. The van der Waals surface area contributed by atoms with Gasteiger partial charge in [0.25, 0.3) is 0 Å². The molecule has 0 amide bonds. The normalized spacial score (nSPS) is 21.7. The Morgan fingerprint density at radius 3 is 2.00 bits per heavy atom. The summed E-state index contributed by atoms with van der Waals surface area (Å²) in [6, 6.07) is 26.2. The highest BCUT2D eigenvalue weighted by Gasteiger charge is 2.35. The highest BCUT2D eigenvalue weighted by molar-refractivity contribution is 7.89. The number of benzene rings is 3. The summed E-state index contributed by atoms with van der Waals surface area (Å²) in [5.41, 5.74) is 5.54. The lowest BCUT2D eigenvalue weighted by molar-refractivity contribution is 0.323. The predicted molar refractivity (Wildman–Crippen MR) is 124 cm³/mol. The van der Waals surface area contributed by atoms with Gasteiger partial charge in [-0.25, -0.2) is 13.1 Å². The van der Waals surface area contributed by atoms with Crippen LogP contribution in [0.4, 0.5) is 0 Å². The van der Waals surface area contributed by atoms with E-state index in [1.807, 2.05) is 6.07 Å². The third-order valence-electron chi connectivity index (χ3n) is 6.66. The van der Waals surface area contributed by atoms with Crippen LogP contribution in [0.1, 0.15) is 41.0 Å². The van der Waals surface area contributed by atoms with E-state index in [0.29, 0.717) is 4.90 Å². The highest BCUT2D eigenvalue weighted by atomic mass is 32.2. The van der Waals surface area contributed by atoms with Crippen molar-refractivity contribution in [3.63, 3.8) is 0 Å². The molecule has 2 unspecified atom stereocenters. The highest BCUT2D eigenvalue weighted by Crippen LogP contribution is 2.38. The van der Waals surface area contributed by atoms with Gasteiger partial charge in [0, 0.05) is 18.0 Å². The van der Waals surface area contributed by atoms with Crippen molar-refractivity contribution in [2.45, 2.75) is 48.6 Å². The van der Waals surface area contributed by atoms with Crippen molar-refractivity contribution >= 4 is 10.0 Å². The monoisotopic (exact) mass is 432 g/mol. The van der Waals surface area contributed by atoms with Crippen molar-refractivity contribution in [2.24, 2.45) is 0 Å². The van der Waals surface area contributed by atoms with E-state index in [2.05, 4.69) is 58.6 Å². The fourth-order valence-corrected chi connectivity index (χ4v) is 6.50. The molecule has 0 aromatic heterocycles. The molecule has 2 aliphatic rings. The fourth-order valence-electron chi connectivity index (χ4n) is 5.20. The van der Waals surface area contributed by atoms with Gasteiger partial charge in [-0.1, -0.05) is 66.7 Å². The zero-order chi connectivity index (χ0) is 21.3. The topological polar surface area (TPSA) is 58.2 Å². The number of hydrogen-bond donors (Lipinski definition) is 2. The molecule has 5 heteroatoms. The molecule has 4 nitrogen and oxygen atoms in total. The quantitative estimate of drug-likeness (QED) is 0.655. The van der Waals surface area contributed by atoms with Crippen molar-refractivity contribution in [2.75, 3.05) is 6.54 Å². The van der Waals surface area contributed by atoms with Crippen LogP contribution >= 0.6 is 0 Å². The minimum atomic E-state index is -3.52. The average molecular weight is 433 g/mol. The van der Waals surface area contributed by atoms with Crippen molar-refractivity contribution in [3.05, 3.63) is 101 Å². The smallest absolute Gasteiger partial charge is 0.240 e. The van der Waals surface area contributed by atoms with Crippen molar-refractivity contribution < 1.29 is 8.42 Å². The number of hydrogen-bond acceptors (Lipinski definition) is 3. The summed E-state index contributed by atoms with van der Waals surface area (Å²) in [7, 11) is -3.52. The molecule has 0 radical (unpaired) electrons. The molecule has 5 rings (SSSR count). The Morgan fingerprint density at radius 1 is 0.774 bits per heavy atom. The number of aryl methyl sites for hydroxylation is 2. The lowest BCUT2D eigenvalue weighted by Gasteiger charge is -2.37. The van der Waals surface area contributed by atoms with E-state index in [9.17, 15) is 8.42 Å². The molecule has 0 bridgehead atoms. The van der Waals surface area contributed by atoms with Gasteiger partial charge in [0.1, 0.15) is 0 Å². The van der Waals surface area contributed by atoms with Crippen LogP contribution in [0.25, 0.3) is 0 Å². The molecular weight excluding hydrogens is 404 g/mol. The maximum atomic E-state index is 12.9. The molecule has 1 heterocycles. The third kappa shape index (κ3) is 4.18. The molecule has 2 N–H and O–H groups in total. The number of piperidine rings is 1. The first kappa shape index (κ1) is 20.4. The minimum Gasteiger partial charge on any atom is -0.313 e. The SMILES string of the molecule is O=S(=O)(NC1CCNC(C2c3ccccc3CCc3ccccc32)C1)c1ccccc1. The molecule has 0 spiro atoms. The first-order valence-corrected chi connectivity index (χ1v) is 12.6. The summed E-state index contributed by atoms with van der Waals surface area (Å²) < 4.78 is 28.8. The van der Waals surface area contributed by atoms with Crippen LogP contribution in [0, 0.1) is 0 Å². The first-order valence-electron chi connectivity index (χ1n) is 11.1. The van der Waals surface area contributed by atoms with Crippen molar-refractivity contribution in [1.29, 1.82) is 0 Å². The van der Waals surface area contributed by atoms with Gasteiger partial charge in [-0.2, -0.15) is 0 Å². The molecule has 3 aromatic rings. The average Bonchev–Trinajstić information content (AvgIpc) is 2.96. The second-order valence-corrected chi connectivity index (χ2v) is 10.3. The van der Waals surface area contributed by atoms with Gasteiger partial charge in [0.05, 0.1) is 4.90 Å². The maximum absolute atomic E-state index is 12.9. The van der Waals surface area contributed by atoms with E-state index in [0.717, 1.165) is 32.2 Å². The second kappa shape index (κ2) is 8.58. The zero-order valence-electron chi connectivity index (χ0n) is 17.5. The minimum absolute atomic E-state index is 0.0842. The molecule has 31 heavy (non-hydrogen) atoms. The first-order chi connectivity index (χ1) is 15.1. The lowest BCUT2D eigenvalue weighted by Crippen LogP contribution is -2.50. The van der Waals surface area contributed by atoms with Crippen LogP contribution in [-0.4, -0.2) is 27.0 Å². The van der Waals surface area contributed by atoms with Crippen molar-refractivity contribution in [1.82, 2.24) is 10.0 Å². The summed E-state index contributed by atoms with van der Waals surface area (Å²) in [4.78, 5) is 0.329. The standard InChI is InChI=1S/C26H28N2O2S/c29-31(30,22-10-2-1-3-11-22)28-21-16-17-27-25(18-21)26-23-12-6-4-8-19(23)14-15-20-9-5-7-13-24(20)26/h1-13,21,25-28H,14-18H2. The van der Waals surface area contributed by atoms with E-state index in [4.69, 9.17) is 0 Å². The van der Waals surface area contributed by atoms with Crippen LogP contribution in [-0.2, 0) is 22.9 Å². The van der Waals surface area contributed by atoms with Gasteiger partial charge in [0.2, 0.25) is 10.0 Å². The Labute approximate surface area is 184 Å². The molecule has 160 valence electrons. The van der Waals surface area contributed by atoms with Crippen LogP contribution in [0.15, 0.2) is 83.8 Å². The zero-order valence-corrected chi connectivity index (χ0v) is 18.3. The van der Waals surface area contributed by atoms with E-state index < -0.39 is 10.0 Å². The largest absolute Gasteiger partial charge is 0.313 e. The van der Waals surface area contributed by atoms with E-state index in [-0.39, 0.29) is 18.0 Å². The molecule has 1 aliphatic carbocycles. The Kier molecular flexibility index (Phi) is 5.65. The second-order valence-electron chi connectivity index (χ2n) is 8.59. The summed E-state index contributed by atoms with van der Waals surface area (Å²) in [5, 5.41) is 3.72. The predicted octanol–water partition coefficient (Wildman–Crippen LogP) is 4.02. The molecule has 2 atom stereocenters. The van der Waals surface area contributed by atoms with Crippen molar-refractivity contribution in [3.8, 4) is 0 Å². The van der Waals surface area contributed by atoms with E-state index >= 15 is 0 Å². The molecule has 3 aromatic carbocycles. The number of sulfonamides is 1.